The van der Waals surface area contributed by atoms with E-state index in [1.54, 1.807) is 0 Å². The first-order valence-electron chi connectivity index (χ1n) is 5.15. The van der Waals surface area contributed by atoms with Gasteiger partial charge in [0.15, 0.2) is 0 Å². The second-order valence-electron chi connectivity index (χ2n) is 4.06. The molecule has 0 spiro atoms. The molecule has 1 heterocycles. The molecule has 0 bridgehead atoms. The smallest absolute Gasteiger partial charge is 0.258 e. The van der Waals surface area contributed by atoms with Crippen LogP contribution in [0.4, 0.5) is 0 Å². The van der Waals surface area contributed by atoms with Crippen LogP contribution in [0.5, 0.6) is 0 Å². The fourth-order valence-corrected chi connectivity index (χ4v) is 1.86. The molecule has 1 N–H and O–H groups in total. The molecule has 0 atom stereocenters. The maximum absolute atomic E-state index is 11.5. The zero-order chi connectivity index (χ0) is 11.9. The van der Waals surface area contributed by atoms with E-state index in [-0.39, 0.29) is 11.8 Å². The molecule has 0 saturated carbocycles. The van der Waals surface area contributed by atoms with Crippen molar-refractivity contribution in [2.24, 2.45) is 0 Å². The highest BCUT2D eigenvalue weighted by molar-refractivity contribution is 6.33. The molecule has 1 aromatic carbocycles. The third kappa shape index (κ3) is 1.54. The maximum Gasteiger partial charge on any atom is 0.258 e. The fourth-order valence-electron chi connectivity index (χ4n) is 1.86. The number of benzene rings is 1. The Labute approximate surface area is 94.2 Å². The molecule has 2 amide bonds. The van der Waals surface area contributed by atoms with E-state index < -0.39 is 0 Å². The topological polar surface area (TPSA) is 46.2 Å². The van der Waals surface area contributed by atoms with Crippen LogP contribution in [0.1, 0.15) is 22.3 Å². The molecule has 1 aliphatic rings. The van der Waals surface area contributed by atoms with Crippen LogP contribution in [0, 0.1) is 20.8 Å². The van der Waals surface area contributed by atoms with E-state index in [1.165, 1.54) is 11.6 Å². The lowest BCUT2D eigenvalue weighted by Crippen LogP contribution is -2.22. The van der Waals surface area contributed by atoms with Crippen molar-refractivity contribution in [2.45, 2.75) is 20.8 Å². The summed E-state index contributed by atoms with van der Waals surface area (Å²) in [6.45, 7) is 6.01. The molecule has 82 valence electrons. The van der Waals surface area contributed by atoms with Crippen molar-refractivity contribution in [3.8, 4) is 0 Å². The van der Waals surface area contributed by atoms with Crippen molar-refractivity contribution in [3.05, 3.63) is 40.5 Å². The summed E-state index contributed by atoms with van der Waals surface area (Å²) >= 11 is 0. The molecule has 0 radical (unpaired) electrons. The summed E-state index contributed by atoms with van der Waals surface area (Å²) in [7, 11) is 0. The van der Waals surface area contributed by atoms with Crippen LogP contribution in [0.3, 0.4) is 0 Å². The zero-order valence-corrected chi connectivity index (χ0v) is 9.55. The van der Waals surface area contributed by atoms with E-state index >= 15 is 0 Å². The van der Waals surface area contributed by atoms with Gasteiger partial charge >= 0.3 is 0 Å². The Balaban J connectivity index is 2.58. The van der Waals surface area contributed by atoms with Gasteiger partial charge in [0.05, 0.1) is 5.57 Å². The van der Waals surface area contributed by atoms with Gasteiger partial charge in [-0.15, -0.1) is 0 Å². The molecule has 1 aromatic rings. The lowest BCUT2D eigenvalue weighted by atomic mass is 9.94. The number of imide groups is 1. The number of aryl methyl sites for hydroxylation is 1. The van der Waals surface area contributed by atoms with Crippen molar-refractivity contribution in [3.63, 3.8) is 0 Å². The average Bonchev–Trinajstić information content (AvgIpc) is 2.55. The van der Waals surface area contributed by atoms with Crippen LogP contribution in [-0.4, -0.2) is 11.8 Å². The number of carbonyl (C=O) groups is 2. The van der Waals surface area contributed by atoms with Crippen LogP contribution in [-0.2, 0) is 9.59 Å². The summed E-state index contributed by atoms with van der Waals surface area (Å²) in [5.74, 6) is -0.644. The zero-order valence-electron chi connectivity index (χ0n) is 9.55. The van der Waals surface area contributed by atoms with E-state index in [4.69, 9.17) is 0 Å². The summed E-state index contributed by atoms with van der Waals surface area (Å²) < 4.78 is 0. The molecule has 0 aromatic heterocycles. The van der Waals surface area contributed by atoms with Gasteiger partial charge in [-0.3, -0.25) is 14.9 Å². The Morgan fingerprint density at radius 2 is 1.69 bits per heavy atom. The van der Waals surface area contributed by atoms with Crippen LogP contribution in [0.15, 0.2) is 18.2 Å². The minimum atomic E-state index is -0.336. The number of rotatable bonds is 1. The van der Waals surface area contributed by atoms with Gasteiger partial charge in [-0.05, 0) is 43.0 Å². The van der Waals surface area contributed by atoms with Gasteiger partial charge in [0.25, 0.3) is 11.8 Å². The highest BCUT2D eigenvalue weighted by Crippen LogP contribution is 2.25. The molecule has 0 fully saturated rings. The van der Waals surface area contributed by atoms with E-state index in [1.807, 2.05) is 32.9 Å². The Kier molecular flexibility index (Phi) is 2.38. The minimum Gasteiger partial charge on any atom is -0.289 e. The summed E-state index contributed by atoms with van der Waals surface area (Å²) in [4.78, 5) is 22.6. The lowest BCUT2D eigenvalue weighted by molar-refractivity contribution is -0.123. The molecule has 2 rings (SSSR count). The quantitative estimate of drug-likeness (QED) is 0.724. The van der Waals surface area contributed by atoms with Gasteiger partial charge < -0.3 is 0 Å². The molecule has 3 nitrogen and oxygen atoms in total. The maximum atomic E-state index is 11.5. The van der Waals surface area contributed by atoms with E-state index in [0.29, 0.717) is 5.57 Å². The van der Waals surface area contributed by atoms with Gasteiger partial charge in [0, 0.05) is 6.08 Å². The standard InChI is InChI=1S/C13H13NO2/c1-7-4-5-10(9(3)8(7)2)11-6-12(15)14-13(11)16/h4-6H,1-3H3,(H,14,15,16). The van der Waals surface area contributed by atoms with Gasteiger partial charge in [-0.2, -0.15) is 0 Å². The van der Waals surface area contributed by atoms with E-state index in [0.717, 1.165) is 16.7 Å². The first-order valence-corrected chi connectivity index (χ1v) is 5.15. The highest BCUT2D eigenvalue weighted by atomic mass is 16.2. The molecule has 16 heavy (non-hydrogen) atoms. The van der Waals surface area contributed by atoms with E-state index in [9.17, 15) is 9.59 Å². The van der Waals surface area contributed by atoms with Crippen LogP contribution in [0.2, 0.25) is 0 Å². The first-order chi connectivity index (χ1) is 7.50. The number of carbonyl (C=O) groups excluding carboxylic acids is 2. The van der Waals surface area contributed by atoms with Crippen LogP contribution in [0.25, 0.3) is 5.57 Å². The molecular formula is C13H13NO2. The van der Waals surface area contributed by atoms with Crippen molar-refractivity contribution < 1.29 is 9.59 Å². The molecule has 0 aliphatic carbocycles. The molecule has 0 saturated heterocycles. The fraction of sp³-hybridized carbons (Fsp3) is 0.231. The lowest BCUT2D eigenvalue weighted by Gasteiger charge is -2.10. The second-order valence-corrected chi connectivity index (χ2v) is 4.06. The van der Waals surface area contributed by atoms with Gasteiger partial charge in [-0.1, -0.05) is 12.1 Å². The van der Waals surface area contributed by atoms with Crippen molar-refractivity contribution in [1.29, 1.82) is 0 Å². The predicted molar refractivity (Wildman–Crippen MR) is 61.8 cm³/mol. The van der Waals surface area contributed by atoms with Crippen molar-refractivity contribution in [2.75, 3.05) is 0 Å². The van der Waals surface area contributed by atoms with Gasteiger partial charge in [0.2, 0.25) is 0 Å². The van der Waals surface area contributed by atoms with Gasteiger partial charge in [-0.25, -0.2) is 0 Å². The normalized spacial score (nSPS) is 15.1. The molecule has 3 heteroatoms. The Bertz CT molecular complexity index is 527. The Hall–Kier alpha value is -1.90. The average molecular weight is 215 g/mol. The SMILES string of the molecule is Cc1ccc(C2=CC(=O)NC2=O)c(C)c1C. The second kappa shape index (κ2) is 3.59. The third-order valence-corrected chi connectivity index (χ3v) is 3.10. The molecule has 1 aliphatic heterocycles. The van der Waals surface area contributed by atoms with Crippen molar-refractivity contribution >= 4 is 17.4 Å². The van der Waals surface area contributed by atoms with Crippen molar-refractivity contribution in [1.82, 2.24) is 5.32 Å². The molecular weight excluding hydrogens is 202 g/mol. The van der Waals surface area contributed by atoms with Crippen LogP contribution < -0.4 is 5.32 Å². The first kappa shape index (κ1) is 10.6. The number of amides is 2. The summed E-state index contributed by atoms with van der Waals surface area (Å²) in [6.07, 6.45) is 1.36. The monoisotopic (exact) mass is 215 g/mol. The minimum absolute atomic E-state index is 0.309. The van der Waals surface area contributed by atoms with Gasteiger partial charge in [0.1, 0.15) is 0 Å². The number of hydrogen-bond donors (Lipinski definition) is 1. The highest BCUT2D eigenvalue weighted by Gasteiger charge is 2.23. The summed E-state index contributed by atoms with van der Waals surface area (Å²) in [5.41, 5.74) is 4.70. The Morgan fingerprint density at radius 1 is 1.00 bits per heavy atom. The summed E-state index contributed by atoms with van der Waals surface area (Å²) in [5, 5.41) is 2.26. The van der Waals surface area contributed by atoms with Crippen LogP contribution >= 0.6 is 0 Å². The molecule has 0 unspecified atom stereocenters. The van der Waals surface area contributed by atoms with E-state index in [2.05, 4.69) is 5.32 Å². The number of hydrogen-bond acceptors (Lipinski definition) is 2. The largest absolute Gasteiger partial charge is 0.289 e. The Morgan fingerprint density at radius 3 is 2.25 bits per heavy atom. The predicted octanol–water partition coefficient (Wildman–Crippen LogP) is 1.65. The summed E-state index contributed by atoms with van der Waals surface area (Å²) in [6, 6.07) is 3.86. The number of nitrogens with one attached hydrogen (secondary N) is 1. The third-order valence-electron chi connectivity index (χ3n) is 3.10.